The molecule has 0 spiro atoms. The van der Waals surface area contributed by atoms with Crippen LogP contribution < -0.4 is 15.2 Å². The first kappa shape index (κ1) is 8.46. The van der Waals surface area contributed by atoms with Crippen LogP contribution in [0.3, 0.4) is 0 Å². The molecule has 0 radical (unpaired) electrons. The van der Waals surface area contributed by atoms with Gasteiger partial charge < -0.3 is 14.9 Å². The van der Waals surface area contributed by atoms with Crippen LogP contribution in [0.4, 0.5) is 0 Å². The highest BCUT2D eigenvalue weighted by Crippen LogP contribution is 2.17. The van der Waals surface area contributed by atoms with E-state index in [0.29, 0.717) is 5.22 Å². The van der Waals surface area contributed by atoms with Crippen molar-refractivity contribution in [2.45, 2.75) is 0 Å². The van der Waals surface area contributed by atoms with Crippen molar-refractivity contribution in [3.63, 3.8) is 0 Å². The standard InChI is InChI=1S/C9H10O3/c1-5-4-7(10)6(2)9(12-3)8(5)11/h4,10-11H,1-2H2,3H3. The summed E-state index contributed by atoms with van der Waals surface area (Å²) in [5.41, 5.74) is 0. The third kappa shape index (κ3) is 1.09. The second-order valence-corrected chi connectivity index (χ2v) is 2.42. The highest BCUT2D eigenvalue weighted by atomic mass is 16.5. The first-order valence-corrected chi connectivity index (χ1v) is 3.34. The zero-order chi connectivity index (χ0) is 9.30. The monoisotopic (exact) mass is 166 g/mol. The summed E-state index contributed by atoms with van der Waals surface area (Å²) in [6, 6.07) is 1.33. The molecule has 1 aromatic rings. The second kappa shape index (κ2) is 2.77. The Labute approximate surface area is 69.8 Å². The van der Waals surface area contributed by atoms with Gasteiger partial charge >= 0.3 is 0 Å². The number of ether oxygens (including phenoxy) is 1. The molecular weight excluding hydrogens is 156 g/mol. The molecule has 64 valence electrons. The first-order valence-electron chi connectivity index (χ1n) is 3.34. The lowest BCUT2D eigenvalue weighted by atomic mass is 10.2. The molecule has 0 saturated heterocycles. The molecule has 0 atom stereocenters. The second-order valence-electron chi connectivity index (χ2n) is 2.42. The maximum atomic E-state index is 9.36. The van der Waals surface area contributed by atoms with Gasteiger partial charge in [0.25, 0.3) is 0 Å². The molecule has 0 aromatic heterocycles. The minimum Gasteiger partial charge on any atom is -0.507 e. The van der Waals surface area contributed by atoms with Gasteiger partial charge in [-0.2, -0.15) is 0 Å². The topological polar surface area (TPSA) is 49.7 Å². The van der Waals surface area contributed by atoms with E-state index < -0.39 is 0 Å². The van der Waals surface area contributed by atoms with Crippen LogP contribution in [0.15, 0.2) is 6.07 Å². The summed E-state index contributed by atoms with van der Waals surface area (Å²) in [6.07, 6.45) is 0. The number of phenolic OH excluding ortho intramolecular Hbond substituents is 2. The molecule has 0 aliphatic carbocycles. The van der Waals surface area contributed by atoms with Crippen LogP contribution in [0.25, 0.3) is 13.2 Å². The van der Waals surface area contributed by atoms with Gasteiger partial charge in [-0.05, 0) is 6.07 Å². The van der Waals surface area contributed by atoms with Gasteiger partial charge in [0, 0.05) is 5.22 Å². The fraction of sp³-hybridized carbons (Fsp3) is 0.111. The van der Waals surface area contributed by atoms with Crippen LogP contribution in [0.5, 0.6) is 17.2 Å². The quantitative estimate of drug-likeness (QED) is 0.574. The van der Waals surface area contributed by atoms with Crippen molar-refractivity contribution in [3.8, 4) is 17.2 Å². The molecule has 0 bridgehead atoms. The zero-order valence-corrected chi connectivity index (χ0v) is 6.79. The van der Waals surface area contributed by atoms with Crippen molar-refractivity contribution in [2.75, 3.05) is 7.11 Å². The zero-order valence-electron chi connectivity index (χ0n) is 6.79. The smallest absolute Gasteiger partial charge is 0.171 e. The van der Waals surface area contributed by atoms with Crippen molar-refractivity contribution < 1.29 is 14.9 Å². The molecule has 1 rings (SSSR count). The van der Waals surface area contributed by atoms with Gasteiger partial charge in [0.05, 0.1) is 12.3 Å². The van der Waals surface area contributed by atoms with Crippen LogP contribution in [0, 0.1) is 0 Å². The van der Waals surface area contributed by atoms with Gasteiger partial charge in [-0.3, -0.25) is 0 Å². The number of phenols is 2. The van der Waals surface area contributed by atoms with Crippen LogP contribution in [-0.2, 0) is 0 Å². The van der Waals surface area contributed by atoms with E-state index in [2.05, 4.69) is 13.2 Å². The summed E-state index contributed by atoms with van der Waals surface area (Å²) >= 11 is 0. The molecule has 12 heavy (non-hydrogen) atoms. The number of hydrogen-bond acceptors (Lipinski definition) is 3. The van der Waals surface area contributed by atoms with E-state index in [1.807, 2.05) is 0 Å². The summed E-state index contributed by atoms with van der Waals surface area (Å²) in [6.45, 7) is 7.04. The van der Waals surface area contributed by atoms with Crippen molar-refractivity contribution in [2.24, 2.45) is 0 Å². The third-order valence-corrected chi connectivity index (χ3v) is 1.62. The van der Waals surface area contributed by atoms with Crippen molar-refractivity contribution in [1.82, 2.24) is 0 Å². The van der Waals surface area contributed by atoms with Crippen LogP contribution in [-0.4, -0.2) is 17.3 Å². The van der Waals surface area contributed by atoms with E-state index in [9.17, 15) is 10.2 Å². The molecule has 0 unspecified atom stereocenters. The molecule has 0 aliphatic heterocycles. The van der Waals surface area contributed by atoms with Gasteiger partial charge in [0.2, 0.25) is 0 Å². The van der Waals surface area contributed by atoms with Gasteiger partial charge in [0.1, 0.15) is 5.75 Å². The van der Waals surface area contributed by atoms with Crippen LogP contribution in [0.1, 0.15) is 0 Å². The van der Waals surface area contributed by atoms with E-state index in [4.69, 9.17) is 4.74 Å². The Morgan fingerprint density at radius 1 is 1.33 bits per heavy atom. The molecule has 3 nitrogen and oxygen atoms in total. The average molecular weight is 166 g/mol. The Morgan fingerprint density at radius 2 is 1.92 bits per heavy atom. The van der Waals surface area contributed by atoms with Gasteiger partial charge in [-0.1, -0.05) is 13.2 Å². The highest BCUT2D eigenvalue weighted by molar-refractivity contribution is 5.48. The number of benzene rings is 1. The Bertz CT molecular complexity index is 395. The SMILES string of the molecule is C=c1cc(O)c(=C)c(OC)c1O. The molecular formula is C9H10O3. The number of aromatic hydroxyl groups is 2. The van der Waals surface area contributed by atoms with Gasteiger partial charge in [-0.15, -0.1) is 0 Å². The predicted molar refractivity (Wildman–Crippen MR) is 46.6 cm³/mol. The molecule has 0 heterocycles. The van der Waals surface area contributed by atoms with Crippen LogP contribution >= 0.6 is 0 Å². The average Bonchev–Trinajstić information content (AvgIpc) is 2.02. The molecule has 1 aromatic carbocycles. The minimum atomic E-state index is -0.0831. The van der Waals surface area contributed by atoms with E-state index in [1.165, 1.54) is 13.2 Å². The maximum absolute atomic E-state index is 9.36. The maximum Gasteiger partial charge on any atom is 0.171 e. The summed E-state index contributed by atoms with van der Waals surface area (Å²) in [7, 11) is 1.39. The van der Waals surface area contributed by atoms with Crippen molar-refractivity contribution >= 4 is 13.2 Å². The Kier molecular flexibility index (Phi) is 1.95. The predicted octanol–water partition coefficient (Wildman–Crippen LogP) is -0.0730. The Hall–Kier alpha value is -1.64. The Balaban J connectivity index is 3.65. The highest BCUT2D eigenvalue weighted by Gasteiger charge is 2.06. The fourth-order valence-corrected chi connectivity index (χ4v) is 0.945. The van der Waals surface area contributed by atoms with Crippen LogP contribution in [0.2, 0.25) is 0 Å². The number of methoxy groups -OCH3 is 1. The minimum absolute atomic E-state index is 0.0327. The van der Waals surface area contributed by atoms with E-state index >= 15 is 0 Å². The third-order valence-electron chi connectivity index (χ3n) is 1.62. The molecule has 0 amide bonds. The summed E-state index contributed by atoms with van der Waals surface area (Å²) < 4.78 is 4.82. The fourth-order valence-electron chi connectivity index (χ4n) is 0.945. The molecule has 2 N–H and O–H groups in total. The van der Waals surface area contributed by atoms with E-state index in [0.717, 1.165) is 0 Å². The summed E-state index contributed by atoms with van der Waals surface area (Å²) in [5.74, 6) is 0.0509. The van der Waals surface area contributed by atoms with Crippen molar-refractivity contribution in [1.29, 1.82) is 0 Å². The first-order chi connectivity index (χ1) is 5.57. The number of rotatable bonds is 1. The summed E-state index contributed by atoms with van der Waals surface area (Å²) in [5, 5.41) is 19.2. The molecule has 0 saturated carbocycles. The lowest BCUT2D eigenvalue weighted by Gasteiger charge is -2.04. The van der Waals surface area contributed by atoms with Crippen molar-refractivity contribution in [3.05, 3.63) is 16.5 Å². The normalized spacial score (nSPS) is 9.75. The molecule has 3 heteroatoms. The summed E-state index contributed by atoms with van der Waals surface area (Å²) in [4.78, 5) is 0. The molecule has 0 aliphatic rings. The number of hydrogen-bond donors (Lipinski definition) is 2. The van der Waals surface area contributed by atoms with E-state index in [-0.39, 0.29) is 22.5 Å². The lowest BCUT2D eigenvalue weighted by Crippen LogP contribution is -2.11. The lowest BCUT2D eigenvalue weighted by molar-refractivity contribution is 0.362. The Morgan fingerprint density at radius 3 is 2.42 bits per heavy atom. The van der Waals surface area contributed by atoms with Gasteiger partial charge in [0.15, 0.2) is 11.5 Å². The molecule has 0 fully saturated rings. The largest absolute Gasteiger partial charge is 0.507 e. The van der Waals surface area contributed by atoms with Gasteiger partial charge in [-0.25, -0.2) is 0 Å². The van der Waals surface area contributed by atoms with E-state index in [1.54, 1.807) is 0 Å².